The largest absolute Gasteiger partial charge is 0.456 e. The van der Waals surface area contributed by atoms with E-state index < -0.39 is 24.4 Å². The van der Waals surface area contributed by atoms with Crippen LogP contribution in [0.25, 0.3) is 0 Å². The molecule has 0 saturated heterocycles. The maximum absolute atomic E-state index is 12.3. The van der Waals surface area contributed by atoms with Crippen LogP contribution in [0.4, 0.5) is 5.69 Å². The van der Waals surface area contributed by atoms with Gasteiger partial charge in [0.25, 0.3) is 5.91 Å². The number of carbonyl (C=O) groups excluding carboxylic acids is 4. The number of aryl methyl sites for hydroxylation is 3. The minimum absolute atomic E-state index is 0.000305. The van der Waals surface area contributed by atoms with Gasteiger partial charge >= 0.3 is 5.97 Å². The molecule has 0 aliphatic carbocycles. The molecule has 2 rings (SSSR count). The quantitative estimate of drug-likeness (QED) is 0.414. The van der Waals surface area contributed by atoms with Crippen LogP contribution >= 0.6 is 15.9 Å². The summed E-state index contributed by atoms with van der Waals surface area (Å²) >= 11 is 3.35. The van der Waals surface area contributed by atoms with E-state index in [9.17, 15) is 19.2 Å². The lowest BCUT2D eigenvalue weighted by atomic mass is 9.99. The summed E-state index contributed by atoms with van der Waals surface area (Å²) in [4.78, 5) is 47.9. The van der Waals surface area contributed by atoms with E-state index >= 15 is 0 Å². The van der Waals surface area contributed by atoms with Crippen LogP contribution < -0.4 is 10.6 Å². The van der Waals surface area contributed by atoms with E-state index in [4.69, 9.17) is 4.74 Å². The maximum atomic E-state index is 12.3. The summed E-state index contributed by atoms with van der Waals surface area (Å²) in [6, 6.07) is 11.0. The van der Waals surface area contributed by atoms with Gasteiger partial charge in [-0.1, -0.05) is 33.6 Å². The van der Waals surface area contributed by atoms with Gasteiger partial charge in [-0.3, -0.25) is 19.2 Å². The minimum atomic E-state index is -0.649. The molecule has 0 aliphatic heterocycles. The number of halogens is 1. The number of Topliss-reactive ketones (excluding diaryl/α,β-unsaturated/α-hetero) is 1. The fourth-order valence-electron chi connectivity index (χ4n) is 2.80. The van der Waals surface area contributed by atoms with Crippen LogP contribution in [-0.4, -0.2) is 36.7 Å². The molecule has 2 aromatic carbocycles. The molecule has 31 heavy (non-hydrogen) atoms. The highest BCUT2D eigenvalue weighted by atomic mass is 79.9. The van der Waals surface area contributed by atoms with E-state index in [2.05, 4.69) is 26.6 Å². The van der Waals surface area contributed by atoms with Crippen molar-refractivity contribution >= 4 is 45.2 Å². The van der Waals surface area contributed by atoms with Crippen molar-refractivity contribution in [1.29, 1.82) is 0 Å². The monoisotopic (exact) mass is 488 g/mol. The third-order valence-electron chi connectivity index (χ3n) is 4.52. The Morgan fingerprint density at radius 2 is 1.65 bits per heavy atom. The van der Waals surface area contributed by atoms with Gasteiger partial charge in [-0.2, -0.15) is 0 Å². The van der Waals surface area contributed by atoms with Crippen LogP contribution in [0, 0.1) is 20.8 Å². The van der Waals surface area contributed by atoms with Gasteiger partial charge < -0.3 is 15.4 Å². The number of ketones is 1. The number of benzene rings is 2. The fraction of sp³-hybridized carbons (Fsp3) is 0.304. The van der Waals surface area contributed by atoms with Gasteiger partial charge in [0, 0.05) is 22.1 Å². The Labute approximate surface area is 189 Å². The molecule has 0 saturated carbocycles. The lowest BCUT2D eigenvalue weighted by Crippen LogP contribution is -2.35. The third kappa shape index (κ3) is 7.97. The van der Waals surface area contributed by atoms with E-state index in [0.29, 0.717) is 11.3 Å². The summed E-state index contributed by atoms with van der Waals surface area (Å²) in [6.45, 7) is 4.81. The molecule has 0 aliphatic rings. The molecule has 2 amide bonds. The van der Waals surface area contributed by atoms with Crippen LogP contribution in [0.1, 0.15) is 39.9 Å². The van der Waals surface area contributed by atoms with Crippen molar-refractivity contribution in [3.05, 3.63) is 63.1 Å². The van der Waals surface area contributed by atoms with Crippen molar-refractivity contribution in [2.24, 2.45) is 0 Å². The summed E-state index contributed by atoms with van der Waals surface area (Å²) in [6.07, 6.45) is -0.123. The zero-order valence-corrected chi connectivity index (χ0v) is 19.3. The second-order valence-corrected chi connectivity index (χ2v) is 8.10. The average Bonchev–Trinajstić information content (AvgIpc) is 2.72. The topological polar surface area (TPSA) is 102 Å². The molecular formula is C23H25BrN2O5. The molecule has 0 atom stereocenters. The maximum Gasteiger partial charge on any atom is 0.306 e. The molecule has 0 unspecified atom stereocenters. The number of ether oxygens (including phenoxy) is 1. The molecule has 0 radical (unpaired) electrons. The van der Waals surface area contributed by atoms with E-state index in [1.54, 1.807) is 18.2 Å². The zero-order valence-electron chi connectivity index (χ0n) is 17.7. The Kier molecular flexibility index (Phi) is 8.93. The number of hydrogen-bond acceptors (Lipinski definition) is 5. The zero-order chi connectivity index (χ0) is 23.0. The van der Waals surface area contributed by atoms with E-state index in [1.807, 2.05) is 39.0 Å². The Bertz CT molecular complexity index is 1000. The Hall–Kier alpha value is -3.00. The molecule has 2 aromatic rings. The molecule has 0 heterocycles. The van der Waals surface area contributed by atoms with Gasteiger partial charge in [0.15, 0.2) is 12.4 Å². The second kappa shape index (κ2) is 11.4. The van der Waals surface area contributed by atoms with Gasteiger partial charge in [-0.05, 0) is 56.2 Å². The molecular weight excluding hydrogens is 464 g/mol. The number of nitrogens with one attached hydrogen (secondary N) is 2. The first-order chi connectivity index (χ1) is 14.7. The Balaban J connectivity index is 1.69. The highest BCUT2D eigenvalue weighted by molar-refractivity contribution is 9.10. The van der Waals surface area contributed by atoms with Crippen LogP contribution in [0.5, 0.6) is 0 Å². The van der Waals surface area contributed by atoms with Gasteiger partial charge in [-0.25, -0.2) is 0 Å². The molecule has 2 N–H and O–H groups in total. The van der Waals surface area contributed by atoms with Gasteiger partial charge in [0.05, 0.1) is 13.0 Å². The second-order valence-electron chi connectivity index (χ2n) is 7.19. The van der Waals surface area contributed by atoms with Gasteiger partial charge in [-0.15, -0.1) is 0 Å². The van der Waals surface area contributed by atoms with Crippen molar-refractivity contribution in [3.63, 3.8) is 0 Å². The lowest BCUT2D eigenvalue weighted by molar-refractivity contribution is -0.148. The summed E-state index contributed by atoms with van der Waals surface area (Å²) in [7, 11) is 0. The van der Waals surface area contributed by atoms with Crippen LogP contribution in [0.15, 0.2) is 40.9 Å². The number of esters is 1. The van der Waals surface area contributed by atoms with Crippen molar-refractivity contribution < 1.29 is 23.9 Å². The Morgan fingerprint density at radius 3 is 2.35 bits per heavy atom. The van der Waals surface area contributed by atoms with Gasteiger partial charge in [0.2, 0.25) is 5.91 Å². The first-order valence-electron chi connectivity index (χ1n) is 9.74. The Morgan fingerprint density at radius 1 is 0.903 bits per heavy atom. The molecule has 8 heteroatoms. The number of anilines is 1. The summed E-state index contributed by atoms with van der Waals surface area (Å²) in [5.41, 5.74) is 3.91. The molecule has 7 nitrogen and oxygen atoms in total. The van der Waals surface area contributed by atoms with Crippen LogP contribution in [0.2, 0.25) is 0 Å². The number of carbonyl (C=O) groups is 4. The molecule has 0 spiro atoms. The normalized spacial score (nSPS) is 10.3. The van der Waals surface area contributed by atoms with Crippen molar-refractivity contribution in [2.75, 3.05) is 18.5 Å². The SMILES string of the molecule is Cc1ccc(C)c(C(=O)CCC(=O)OCC(=O)NCC(=O)Nc2ccc(Br)cc2C)c1. The predicted octanol–water partition coefficient (Wildman–Crippen LogP) is 3.64. The number of amides is 2. The smallest absolute Gasteiger partial charge is 0.306 e. The highest BCUT2D eigenvalue weighted by Gasteiger charge is 2.14. The first kappa shape index (κ1) is 24.3. The first-order valence-corrected chi connectivity index (χ1v) is 10.5. The van der Waals surface area contributed by atoms with Crippen LogP contribution in [-0.2, 0) is 19.1 Å². The lowest BCUT2D eigenvalue weighted by Gasteiger charge is -2.10. The standard InChI is InChI=1S/C23H25BrN2O5/c1-14-4-5-15(2)18(10-14)20(27)8-9-23(30)31-13-22(29)25-12-21(28)26-19-7-6-17(24)11-16(19)3/h4-7,10-11H,8-9,12-13H2,1-3H3,(H,25,29)(H,26,28). The minimum Gasteiger partial charge on any atom is -0.456 e. The number of hydrogen-bond donors (Lipinski definition) is 2. The average molecular weight is 489 g/mol. The molecule has 0 bridgehead atoms. The number of rotatable bonds is 9. The molecule has 164 valence electrons. The molecule has 0 fully saturated rings. The predicted molar refractivity (Wildman–Crippen MR) is 121 cm³/mol. The van der Waals surface area contributed by atoms with Crippen molar-refractivity contribution in [3.8, 4) is 0 Å². The van der Waals surface area contributed by atoms with E-state index in [1.165, 1.54) is 0 Å². The molecule has 0 aromatic heterocycles. The third-order valence-corrected chi connectivity index (χ3v) is 5.02. The van der Waals surface area contributed by atoms with E-state index in [0.717, 1.165) is 21.2 Å². The van der Waals surface area contributed by atoms with Crippen molar-refractivity contribution in [1.82, 2.24) is 5.32 Å². The summed E-state index contributed by atoms with van der Waals surface area (Å²) < 4.78 is 5.78. The summed E-state index contributed by atoms with van der Waals surface area (Å²) in [5.74, 6) is -1.80. The van der Waals surface area contributed by atoms with Crippen molar-refractivity contribution in [2.45, 2.75) is 33.6 Å². The van der Waals surface area contributed by atoms with Crippen LogP contribution in [0.3, 0.4) is 0 Å². The highest BCUT2D eigenvalue weighted by Crippen LogP contribution is 2.19. The van der Waals surface area contributed by atoms with E-state index in [-0.39, 0.29) is 25.2 Å². The fourth-order valence-corrected chi connectivity index (χ4v) is 3.27. The van der Waals surface area contributed by atoms with Gasteiger partial charge in [0.1, 0.15) is 0 Å². The summed E-state index contributed by atoms with van der Waals surface area (Å²) in [5, 5.41) is 5.08.